The van der Waals surface area contributed by atoms with Gasteiger partial charge in [-0.3, -0.25) is 4.90 Å². The van der Waals surface area contributed by atoms with E-state index in [2.05, 4.69) is 66.0 Å². The number of amides is 2. The number of nitrogens with two attached hydrogens (primary N) is 1. The Morgan fingerprint density at radius 2 is 1.79 bits per heavy atom. The average Bonchev–Trinajstić information content (AvgIpc) is 3.27. The minimum absolute atomic E-state index is 0.0268. The number of aromatic amines is 1. The molecule has 0 bridgehead atoms. The van der Waals surface area contributed by atoms with Gasteiger partial charge >= 0.3 is 6.03 Å². The van der Waals surface area contributed by atoms with Crippen molar-refractivity contribution < 1.29 is 4.79 Å². The molecule has 1 aliphatic carbocycles. The summed E-state index contributed by atoms with van der Waals surface area (Å²) in [5.74, 6) is 0.825. The maximum Gasteiger partial charge on any atom is 0.319 e. The Kier molecular flexibility index (Phi) is 6.37. The van der Waals surface area contributed by atoms with Crippen LogP contribution in [0.1, 0.15) is 58.4 Å². The summed E-state index contributed by atoms with van der Waals surface area (Å²) in [5.41, 5.74) is 10.2. The van der Waals surface area contributed by atoms with Gasteiger partial charge in [-0.2, -0.15) is 0 Å². The normalized spacial score (nSPS) is 22.9. The van der Waals surface area contributed by atoms with Crippen molar-refractivity contribution in [2.24, 2.45) is 11.1 Å². The van der Waals surface area contributed by atoms with Crippen molar-refractivity contribution in [2.45, 2.75) is 58.3 Å². The summed E-state index contributed by atoms with van der Waals surface area (Å²) in [6.45, 7) is 8.17. The summed E-state index contributed by atoms with van der Waals surface area (Å²) in [4.78, 5) is 24.3. The van der Waals surface area contributed by atoms with Crippen LogP contribution in [0, 0.1) is 5.41 Å². The number of hydrogen-bond acceptors (Lipinski definition) is 3. The summed E-state index contributed by atoms with van der Waals surface area (Å²) in [7, 11) is 2.00. The molecule has 3 N–H and O–H groups in total. The maximum absolute atomic E-state index is 12.5. The molecule has 4 rings (SSSR count). The number of anilines is 2. The molecule has 3 aromatic rings. The molecule has 2 amide bonds. The number of nitrogens with one attached hydrogen (secondary N) is 1. The first kappa shape index (κ1) is 23.1. The molecule has 1 aliphatic rings. The van der Waals surface area contributed by atoms with E-state index in [0.717, 1.165) is 61.3 Å². The highest BCUT2D eigenvalue weighted by atomic mass is 16.2. The summed E-state index contributed by atoms with van der Waals surface area (Å²) in [5, 5.41) is 0. The molecule has 0 atom stereocenters. The molecule has 33 heavy (non-hydrogen) atoms. The van der Waals surface area contributed by atoms with Gasteiger partial charge in [0.15, 0.2) is 0 Å². The fourth-order valence-electron chi connectivity index (χ4n) is 5.29. The number of carbonyl (C=O) groups is 1. The molecule has 0 spiro atoms. The summed E-state index contributed by atoms with van der Waals surface area (Å²) in [6, 6.07) is 16.4. The van der Waals surface area contributed by atoms with Crippen LogP contribution >= 0.6 is 0 Å². The number of benzene rings is 2. The lowest BCUT2D eigenvalue weighted by molar-refractivity contribution is 0.145. The van der Waals surface area contributed by atoms with Crippen LogP contribution in [0.25, 0.3) is 11.0 Å². The fourth-order valence-corrected chi connectivity index (χ4v) is 5.29. The summed E-state index contributed by atoms with van der Waals surface area (Å²) >= 11 is 0. The van der Waals surface area contributed by atoms with E-state index in [9.17, 15) is 4.79 Å². The Bertz CT molecular complexity index is 1100. The molecule has 0 radical (unpaired) electrons. The van der Waals surface area contributed by atoms with Crippen LogP contribution in [0.3, 0.4) is 0 Å². The molecule has 6 heteroatoms. The van der Waals surface area contributed by atoms with Gasteiger partial charge in [0.05, 0.1) is 11.0 Å². The van der Waals surface area contributed by atoms with Gasteiger partial charge in [-0.15, -0.1) is 0 Å². The number of primary amides is 1. The van der Waals surface area contributed by atoms with Gasteiger partial charge in [-0.25, -0.2) is 9.78 Å². The molecule has 1 fully saturated rings. The van der Waals surface area contributed by atoms with Gasteiger partial charge in [-0.1, -0.05) is 44.2 Å². The van der Waals surface area contributed by atoms with Gasteiger partial charge in [0.1, 0.15) is 0 Å². The third-order valence-electron chi connectivity index (χ3n) is 7.88. The van der Waals surface area contributed by atoms with E-state index in [-0.39, 0.29) is 10.8 Å². The zero-order valence-electron chi connectivity index (χ0n) is 20.4. The van der Waals surface area contributed by atoms with Gasteiger partial charge < -0.3 is 15.6 Å². The molecule has 0 unspecified atom stereocenters. The predicted molar refractivity (Wildman–Crippen MR) is 137 cm³/mol. The van der Waals surface area contributed by atoms with E-state index in [1.54, 1.807) is 4.90 Å². The number of urea groups is 1. The molecule has 2 aromatic carbocycles. The lowest BCUT2D eigenvalue weighted by atomic mass is 9.60. The zero-order chi connectivity index (χ0) is 23.6. The van der Waals surface area contributed by atoms with Crippen molar-refractivity contribution in [1.29, 1.82) is 0 Å². The minimum Gasteiger partial charge on any atom is -0.351 e. The molecular formula is C27H37N5O. The zero-order valence-corrected chi connectivity index (χ0v) is 20.4. The monoisotopic (exact) mass is 447 g/mol. The quantitative estimate of drug-likeness (QED) is 0.478. The van der Waals surface area contributed by atoms with Crippen molar-refractivity contribution in [3.8, 4) is 0 Å². The predicted octanol–water partition coefficient (Wildman–Crippen LogP) is 5.83. The van der Waals surface area contributed by atoms with Crippen LogP contribution < -0.4 is 15.5 Å². The van der Waals surface area contributed by atoms with Crippen molar-refractivity contribution in [1.82, 2.24) is 9.97 Å². The first-order chi connectivity index (χ1) is 15.8. The van der Waals surface area contributed by atoms with Gasteiger partial charge in [0.2, 0.25) is 5.95 Å². The van der Waals surface area contributed by atoms with Crippen molar-refractivity contribution >= 4 is 28.7 Å². The highest BCUT2D eigenvalue weighted by Gasteiger charge is 2.41. The molecular weight excluding hydrogens is 410 g/mol. The Labute approximate surface area is 197 Å². The molecule has 1 heterocycles. The van der Waals surface area contributed by atoms with E-state index in [4.69, 9.17) is 5.73 Å². The SMILES string of the molecule is CCN(C)c1nc2ccc(N(CC3(C)CCC(CC)(c4ccccc4)CC3)C(N)=O)cc2[nH]1. The van der Waals surface area contributed by atoms with Crippen molar-refractivity contribution in [3.63, 3.8) is 0 Å². The van der Waals surface area contributed by atoms with Crippen LogP contribution in [0.5, 0.6) is 0 Å². The van der Waals surface area contributed by atoms with E-state index < -0.39 is 6.03 Å². The Balaban J connectivity index is 1.54. The average molecular weight is 448 g/mol. The molecule has 0 saturated heterocycles. The number of H-pyrrole nitrogens is 1. The lowest BCUT2D eigenvalue weighted by Gasteiger charge is -2.46. The van der Waals surface area contributed by atoms with Crippen LogP contribution in [0.4, 0.5) is 16.4 Å². The third kappa shape index (κ3) is 4.56. The van der Waals surface area contributed by atoms with Crippen LogP contribution in [0.15, 0.2) is 48.5 Å². The summed E-state index contributed by atoms with van der Waals surface area (Å²) < 4.78 is 0. The number of hydrogen-bond donors (Lipinski definition) is 2. The number of aromatic nitrogens is 2. The number of fused-ring (bicyclic) bond motifs is 1. The highest BCUT2D eigenvalue weighted by molar-refractivity contribution is 5.93. The molecule has 0 aliphatic heterocycles. The number of nitrogens with zero attached hydrogens (tertiary/aromatic N) is 3. The number of carbonyl (C=O) groups excluding carboxylic acids is 1. The highest BCUT2D eigenvalue weighted by Crippen LogP contribution is 2.49. The Hall–Kier alpha value is -3.02. The van der Waals surface area contributed by atoms with Crippen molar-refractivity contribution in [3.05, 3.63) is 54.1 Å². The fraction of sp³-hybridized carbons (Fsp3) is 0.481. The van der Waals surface area contributed by atoms with E-state index >= 15 is 0 Å². The molecule has 1 aromatic heterocycles. The van der Waals surface area contributed by atoms with E-state index in [0.29, 0.717) is 6.54 Å². The van der Waals surface area contributed by atoms with E-state index in [1.165, 1.54) is 5.56 Å². The van der Waals surface area contributed by atoms with Gasteiger partial charge in [-0.05, 0) is 73.6 Å². The largest absolute Gasteiger partial charge is 0.351 e. The van der Waals surface area contributed by atoms with Crippen LogP contribution in [-0.4, -0.2) is 36.1 Å². The van der Waals surface area contributed by atoms with E-state index in [1.807, 2.05) is 25.2 Å². The second kappa shape index (κ2) is 9.08. The Morgan fingerprint density at radius 3 is 2.39 bits per heavy atom. The molecule has 1 saturated carbocycles. The lowest BCUT2D eigenvalue weighted by Crippen LogP contribution is -2.46. The first-order valence-electron chi connectivity index (χ1n) is 12.1. The number of rotatable bonds is 7. The second-order valence-corrected chi connectivity index (χ2v) is 10.0. The van der Waals surface area contributed by atoms with Crippen LogP contribution in [-0.2, 0) is 5.41 Å². The smallest absolute Gasteiger partial charge is 0.319 e. The van der Waals surface area contributed by atoms with Crippen molar-refractivity contribution in [2.75, 3.05) is 29.9 Å². The van der Waals surface area contributed by atoms with Gasteiger partial charge in [0, 0.05) is 25.8 Å². The standard InChI is InChI=1S/C27H37N5O/c1-5-27(20-10-8-7-9-11-20)16-14-26(3,15-17-27)19-32(24(28)33)21-12-13-22-23(18-21)30-25(29-22)31(4)6-2/h7-13,18H,5-6,14-17,19H2,1-4H3,(H2,28,33)(H,29,30). The molecule has 176 valence electrons. The van der Waals surface area contributed by atoms with Gasteiger partial charge in [0.25, 0.3) is 0 Å². The topological polar surface area (TPSA) is 78.2 Å². The maximum atomic E-state index is 12.5. The minimum atomic E-state index is -0.406. The second-order valence-electron chi connectivity index (χ2n) is 10.0. The van der Waals surface area contributed by atoms with Crippen LogP contribution in [0.2, 0.25) is 0 Å². The first-order valence-corrected chi connectivity index (χ1v) is 12.1. The Morgan fingerprint density at radius 1 is 1.09 bits per heavy atom. The molecule has 6 nitrogen and oxygen atoms in total. The number of imidazole rings is 1. The summed E-state index contributed by atoms with van der Waals surface area (Å²) in [6.07, 6.45) is 5.53. The third-order valence-corrected chi connectivity index (χ3v) is 7.88.